The van der Waals surface area contributed by atoms with E-state index in [9.17, 15) is 18.0 Å². The monoisotopic (exact) mass is 358 g/mol. The van der Waals surface area contributed by atoms with Gasteiger partial charge in [0.1, 0.15) is 12.3 Å². The van der Waals surface area contributed by atoms with Crippen LogP contribution in [0.1, 0.15) is 16.9 Å². The molecule has 0 aliphatic rings. The molecule has 9 heteroatoms. The Labute approximate surface area is 122 Å². The van der Waals surface area contributed by atoms with Crippen molar-refractivity contribution in [3.63, 3.8) is 0 Å². The molecule has 0 saturated heterocycles. The summed E-state index contributed by atoms with van der Waals surface area (Å²) in [5, 5.41) is 3.99. The smallest absolute Gasteiger partial charge is 0.383 e. The van der Waals surface area contributed by atoms with Crippen molar-refractivity contribution in [3.8, 4) is 0 Å². The van der Waals surface area contributed by atoms with Crippen LogP contribution in [0.4, 0.5) is 13.2 Å². The van der Waals surface area contributed by atoms with Gasteiger partial charge in [-0.05, 0) is 15.9 Å². The summed E-state index contributed by atoms with van der Waals surface area (Å²) in [4.78, 5) is 11.9. The van der Waals surface area contributed by atoms with Gasteiger partial charge in [0, 0.05) is 13.5 Å². The van der Waals surface area contributed by atoms with Crippen LogP contribution >= 0.6 is 15.9 Å². The number of hydrogen-bond donors (Lipinski definition) is 0. The van der Waals surface area contributed by atoms with E-state index in [1.807, 2.05) is 0 Å². The first kappa shape index (κ1) is 17.1. The van der Waals surface area contributed by atoms with E-state index in [1.54, 1.807) is 0 Å². The molecule has 0 radical (unpaired) electrons. The summed E-state index contributed by atoms with van der Waals surface area (Å²) in [6.07, 6.45) is -3.07. The fourth-order valence-electron chi connectivity index (χ4n) is 1.46. The number of halogens is 4. The van der Waals surface area contributed by atoms with Gasteiger partial charge in [-0.25, -0.2) is 0 Å². The van der Waals surface area contributed by atoms with Crippen molar-refractivity contribution in [2.75, 3.05) is 26.9 Å². The quantitative estimate of drug-likeness (QED) is 0.529. The minimum Gasteiger partial charge on any atom is -0.383 e. The van der Waals surface area contributed by atoms with Crippen LogP contribution in [0.15, 0.2) is 10.7 Å². The van der Waals surface area contributed by atoms with E-state index < -0.39 is 12.8 Å². The van der Waals surface area contributed by atoms with Gasteiger partial charge in [-0.1, -0.05) is 0 Å². The first-order valence-electron chi connectivity index (χ1n) is 5.73. The van der Waals surface area contributed by atoms with Crippen molar-refractivity contribution < 1.29 is 27.4 Å². The lowest BCUT2D eigenvalue weighted by Gasteiger charge is -2.09. The van der Waals surface area contributed by atoms with Gasteiger partial charge in [0.05, 0.1) is 30.4 Å². The second kappa shape index (κ2) is 7.75. The molecule has 114 valence electrons. The Bertz CT molecular complexity index is 449. The maximum absolute atomic E-state index is 11.9. The predicted molar refractivity (Wildman–Crippen MR) is 67.6 cm³/mol. The van der Waals surface area contributed by atoms with E-state index >= 15 is 0 Å². The summed E-state index contributed by atoms with van der Waals surface area (Å²) in [5.41, 5.74) is 0.303. The molecule has 0 N–H and O–H groups in total. The number of aromatic nitrogens is 2. The topological polar surface area (TPSA) is 53.4 Å². The largest absolute Gasteiger partial charge is 0.411 e. The molecular weight excluding hydrogens is 345 g/mol. The molecule has 0 aliphatic heterocycles. The van der Waals surface area contributed by atoms with Crippen molar-refractivity contribution in [1.29, 1.82) is 0 Å². The standard InChI is InChI=1S/C11H14BrF3N2O3/c1-19-5-3-17-10(8(12)6-16-17)9(18)2-4-20-7-11(13,14)15/h6H,2-5,7H2,1H3. The van der Waals surface area contributed by atoms with Gasteiger partial charge < -0.3 is 9.47 Å². The first-order chi connectivity index (χ1) is 9.35. The van der Waals surface area contributed by atoms with E-state index in [-0.39, 0.29) is 18.8 Å². The summed E-state index contributed by atoms with van der Waals surface area (Å²) < 4.78 is 46.9. The van der Waals surface area contributed by atoms with Crippen molar-refractivity contribution >= 4 is 21.7 Å². The molecule has 1 rings (SSSR count). The maximum atomic E-state index is 11.9. The molecule has 1 aromatic rings. The van der Waals surface area contributed by atoms with Crippen LogP contribution in [0, 0.1) is 0 Å². The SMILES string of the molecule is COCCn1ncc(Br)c1C(=O)CCOCC(F)(F)F. The maximum Gasteiger partial charge on any atom is 0.411 e. The molecule has 0 bridgehead atoms. The number of Topliss-reactive ketones (excluding diaryl/α,β-unsaturated/α-hetero) is 1. The highest BCUT2D eigenvalue weighted by Gasteiger charge is 2.27. The Hall–Kier alpha value is -0.930. The molecule has 0 atom stereocenters. The minimum atomic E-state index is -4.39. The van der Waals surface area contributed by atoms with Crippen molar-refractivity contribution in [2.45, 2.75) is 19.1 Å². The van der Waals surface area contributed by atoms with Gasteiger partial charge in [-0.15, -0.1) is 0 Å². The zero-order valence-electron chi connectivity index (χ0n) is 10.7. The Balaban J connectivity index is 2.52. The highest BCUT2D eigenvalue weighted by atomic mass is 79.9. The molecule has 1 aromatic heterocycles. The van der Waals surface area contributed by atoms with E-state index in [0.29, 0.717) is 23.3 Å². The molecule has 0 amide bonds. The normalized spacial score (nSPS) is 11.8. The van der Waals surface area contributed by atoms with Gasteiger partial charge in [0.2, 0.25) is 0 Å². The molecule has 0 aromatic carbocycles. The van der Waals surface area contributed by atoms with Crippen LogP contribution in [0.3, 0.4) is 0 Å². The number of hydrogen-bond acceptors (Lipinski definition) is 4. The van der Waals surface area contributed by atoms with E-state index in [4.69, 9.17) is 4.74 Å². The zero-order valence-corrected chi connectivity index (χ0v) is 12.3. The average molecular weight is 359 g/mol. The van der Waals surface area contributed by atoms with Gasteiger partial charge in [-0.3, -0.25) is 9.48 Å². The average Bonchev–Trinajstić information content (AvgIpc) is 2.72. The van der Waals surface area contributed by atoms with Crippen LogP contribution in [0.5, 0.6) is 0 Å². The summed E-state index contributed by atoms with van der Waals surface area (Å²) in [5.74, 6) is -0.340. The van der Waals surface area contributed by atoms with Crippen molar-refractivity contribution in [1.82, 2.24) is 9.78 Å². The van der Waals surface area contributed by atoms with E-state index in [2.05, 4.69) is 25.8 Å². The summed E-state index contributed by atoms with van der Waals surface area (Å²) in [6.45, 7) is -0.893. The molecule has 0 saturated carbocycles. The van der Waals surface area contributed by atoms with Crippen LogP contribution in [0.2, 0.25) is 0 Å². The Kier molecular flexibility index (Phi) is 6.63. The van der Waals surface area contributed by atoms with E-state index in [1.165, 1.54) is 18.0 Å². The third-order valence-corrected chi connectivity index (χ3v) is 2.89. The van der Waals surface area contributed by atoms with Crippen LogP contribution in [-0.2, 0) is 16.0 Å². The number of carbonyl (C=O) groups is 1. The fourth-order valence-corrected chi connectivity index (χ4v) is 1.98. The third-order valence-electron chi connectivity index (χ3n) is 2.31. The van der Waals surface area contributed by atoms with Gasteiger partial charge >= 0.3 is 6.18 Å². The molecule has 20 heavy (non-hydrogen) atoms. The molecule has 5 nitrogen and oxygen atoms in total. The van der Waals surface area contributed by atoms with Crippen molar-refractivity contribution in [2.24, 2.45) is 0 Å². The lowest BCUT2D eigenvalue weighted by molar-refractivity contribution is -0.173. The fraction of sp³-hybridized carbons (Fsp3) is 0.636. The highest BCUT2D eigenvalue weighted by molar-refractivity contribution is 9.10. The van der Waals surface area contributed by atoms with Gasteiger partial charge in [-0.2, -0.15) is 18.3 Å². The lowest BCUT2D eigenvalue weighted by atomic mass is 10.2. The molecule has 0 unspecified atom stereocenters. The summed E-state index contributed by atoms with van der Waals surface area (Å²) in [7, 11) is 1.52. The second-order valence-corrected chi connectivity index (χ2v) is 4.75. The van der Waals surface area contributed by atoms with Crippen LogP contribution in [-0.4, -0.2) is 48.7 Å². The number of methoxy groups -OCH3 is 1. The highest BCUT2D eigenvalue weighted by Crippen LogP contribution is 2.18. The molecule has 0 aliphatic carbocycles. The van der Waals surface area contributed by atoms with Crippen molar-refractivity contribution in [3.05, 3.63) is 16.4 Å². The molecular formula is C11H14BrF3N2O3. The number of carbonyl (C=O) groups excluding carboxylic acids is 1. The zero-order chi connectivity index (χ0) is 15.2. The Morgan fingerprint density at radius 1 is 1.45 bits per heavy atom. The summed E-state index contributed by atoms with van der Waals surface area (Å²) >= 11 is 3.18. The van der Waals surface area contributed by atoms with Gasteiger partial charge in [0.25, 0.3) is 0 Å². The predicted octanol–water partition coefficient (Wildman–Crippen LogP) is 2.44. The molecule has 0 fully saturated rings. The molecule has 0 spiro atoms. The Morgan fingerprint density at radius 2 is 2.15 bits per heavy atom. The van der Waals surface area contributed by atoms with E-state index in [0.717, 1.165) is 0 Å². The lowest BCUT2D eigenvalue weighted by Crippen LogP contribution is -2.19. The number of alkyl halides is 3. The third kappa shape index (κ3) is 5.59. The summed E-state index contributed by atoms with van der Waals surface area (Å²) in [6, 6.07) is 0. The number of ether oxygens (including phenoxy) is 2. The van der Waals surface area contributed by atoms with Gasteiger partial charge in [0.15, 0.2) is 5.78 Å². The molecule has 1 heterocycles. The second-order valence-electron chi connectivity index (χ2n) is 3.90. The first-order valence-corrected chi connectivity index (χ1v) is 6.52. The number of rotatable bonds is 8. The van der Waals surface area contributed by atoms with Crippen LogP contribution in [0.25, 0.3) is 0 Å². The Morgan fingerprint density at radius 3 is 2.75 bits per heavy atom. The number of ketones is 1. The minimum absolute atomic E-state index is 0.145. The number of nitrogens with zero attached hydrogens (tertiary/aromatic N) is 2. The van der Waals surface area contributed by atoms with Crippen LogP contribution < -0.4 is 0 Å².